The highest BCUT2D eigenvalue weighted by atomic mass is 32.2. The van der Waals surface area contributed by atoms with Crippen LogP contribution in [0.5, 0.6) is 5.75 Å². The van der Waals surface area contributed by atoms with Crippen molar-refractivity contribution in [2.24, 2.45) is 0 Å². The lowest BCUT2D eigenvalue weighted by atomic mass is 10.1. The first kappa shape index (κ1) is 21.3. The third-order valence-corrected chi connectivity index (χ3v) is 6.16. The summed E-state index contributed by atoms with van der Waals surface area (Å²) in [7, 11) is -2.67. The first-order valence-corrected chi connectivity index (χ1v) is 9.91. The van der Waals surface area contributed by atoms with Crippen LogP contribution in [0, 0.1) is 17.1 Å². The first-order valence-electron chi connectivity index (χ1n) is 8.47. The average molecular weight is 405 g/mol. The molecule has 148 valence electrons. The number of carbonyl (C=O) groups is 1. The minimum Gasteiger partial charge on any atom is -0.495 e. The Bertz CT molecular complexity index is 1030. The predicted octanol–water partition coefficient (Wildman–Crippen LogP) is 2.99. The van der Waals surface area contributed by atoms with Crippen molar-refractivity contribution in [3.8, 4) is 11.8 Å². The number of sulfonamides is 1. The van der Waals surface area contributed by atoms with Crippen molar-refractivity contribution in [2.45, 2.75) is 18.7 Å². The van der Waals surface area contributed by atoms with Gasteiger partial charge in [-0.05, 0) is 36.4 Å². The first-order chi connectivity index (χ1) is 13.3. The Kier molecular flexibility index (Phi) is 6.72. The van der Waals surface area contributed by atoms with Crippen LogP contribution in [0.3, 0.4) is 0 Å². The summed E-state index contributed by atoms with van der Waals surface area (Å²) in [5.41, 5.74) is 0.501. The Balaban J connectivity index is 2.43. The molecule has 2 rings (SSSR count). The number of methoxy groups -OCH3 is 1. The van der Waals surface area contributed by atoms with E-state index in [1.165, 1.54) is 31.4 Å². The zero-order valence-corrected chi connectivity index (χ0v) is 16.5. The number of rotatable bonds is 7. The maximum Gasteiger partial charge on any atom is 0.255 e. The van der Waals surface area contributed by atoms with Crippen LogP contribution in [0.25, 0.3) is 0 Å². The minimum absolute atomic E-state index is 0.0449. The van der Waals surface area contributed by atoms with Crippen molar-refractivity contribution < 1.29 is 22.3 Å². The Morgan fingerprint density at radius 3 is 2.46 bits per heavy atom. The van der Waals surface area contributed by atoms with Crippen LogP contribution in [0.4, 0.5) is 10.1 Å². The molecule has 9 heteroatoms. The number of ether oxygens (including phenoxy) is 1. The molecule has 7 nitrogen and oxygen atoms in total. The van der Waals surface area contributed by atoms with E-state index >= 15 is 0 Å². The van der Waals surface area contributed by atoms with Gasteiger partial charge >= 0.3 is 0 Å². The zero-order valence-electron chi connectivity index (χ0n) is 15.7. The summed E-state index contributed by atoms with van der Waals surface area (Å²) in [6.07, 6.45) is 0. The molecule has 0 heterocycles. The van der Waals surface area contributed by atoms with Gasteiger partial charge in [0, 0.05) is 18.7 Å². The largest absolute Gasteiger partial charge is 0.495 e. The lowest BCUT2D eigenvalue weighted by Gasteiger charge is -2.19. The molecule has 2 aromatic carbocycles. The van der Waals surface area contributed by atoms with E-state index in [0.717, 1.165) is 16.4 Å². The van der Waals surface area contributed by atoms with Crippen molar-refractivity contribution in [1.29, 1.82) is 5.26 Å². The van der Waals surface area contributed by atoms with Gasteiger partial charge in [0.15, 0.2) is 0 Å². The van der Waals surface area contributed by atoms with E-state index in [4.69, 9.17) is 10.00 Å². The van der Waals surface area contributed by atoms with E-state index in [1.807, 2.05) is 6.07 Å². The summed E-state index contributed by atoms with van der Waals surface area (Å²) in [6.45, 7) is 3.63. The molecule has 0 unspecified atom stereocenters. The number of nitriles is 1. The van der Waals surface area contributed by atoms with E-state index in [2.05, 4.69) is 5.32 Å². The average Bonchev–Trinajstić information content (AvgIpc) is 2.68. The van der Waals surface area contributed by atoms with Gasteiger partial charge in [-0.3, -0.25) is 4.79 Å². The van der Waals surface area contributed by atoms with Gasteiger partial charge in [-0.2, -0.15) is 9.57 Å². The third-order valence-electron chi connectivity index (χ3n) is 4.09. The standard InChI is InChI=1S/C19H20FN3O4S/c1-4-23(5-2)28(25,26)18-11-14(7-8-15(18)20)19(24)22-16-10-13(12-21)6-9-17(16)27-3/h6-11H,4-5H2,1-3H3,(H,22,24). The van der Waals surface area contributed by atoms with Crippen LogP contribution in [0.1, 0.15) is 29.8 Å². The molecule has 0 aromatic heterocycles. The summed E-state index contributed by atoms with van der Waals surface area (Å²) in [5.74, 6) is -1.28. The van der Waals surface area contributed by atoms with Crippen LogP contribution in [-0.2, 0) is 10.0 Å². The van der Waals surface area contributed by atoms with Gasteiger partial charge in [-0.15, -0.1) is 0 Å². The van der Waals surface area contributed by atoms with Gasteiger partial charge in [-0.25, -0.2) is 12.8 Å². The van der Waals surface area contributed by atoms with Crippen LogP contribution < -0.4 is 10.1 Å². The summed E-state index contributed by atoms with van der Waals surface area (Å²) >= 11 is 0. The van der Waals surface area contributed by atoms with E-state index in [1.54, 1.807) is 13.8 Å². The van der Waals surface area contributed by atoms with Crippen molar-refractivity contribution in [3.63, 3.8) is 0 Å². The Morgan fingerprint density at radius 2 is 1.89 bits per heavy atom. The lowest BCUT2D eigenvalue weighted by Crippen LogP contribution is -2.31. The summed E-state index contributed by atoms with van der Waals surface area (Å²) < 4.78 is 45.7. The van der Waals surface area contributed by atoms with Crippen molar-refractivity contribution in [1.82, 2.24) is 4.31 Å². The summed E-state index contributed by atoms with van der Waals surface area (Å²) in [4.78, 5) is 12.0. The maximum absolute atomic E-state index is 14.2. The second-order valence-electron chi connectivity index (χ2n) is 5.72. The number of benzene rings is 2. The highest BCUT2D eigenvalue weighted by Crippen LogP contribution is 2.27. The van der Waals surface area contributed by atoms with E-state index in [-0.39, 0.29) is 24.3 Å². The Hall–Kier alpha value is -2.96. The van der Waals surface area contributed by atoms with Gasteiger partial charge in [0.05, 0.1) is 24.4 Å². The smallest absolute Gasteiger partial charge is 0.255 e. The molecule has 0 spiro atoms. The number of hydrogen-bond acceptors (Lipinski definition) is 5. The fourth-order valence-corrected chi connectivity index (χ4v) is 4.16. The molecule has 0 radical (unpaired) electrons. The fraction of sp³-hybridized carbons (Fsp3) is 0.263. The summed E-state index contributed by atoms with van der Waals surface area (Å²) in [6, 6.07) is 9.55. The molecule has 0 aliphatic heterocycles. The van der Waals surface area contributed by atoms with Crippen molar-refractivity contribution in [2.75, 3.05) is 25.5 Å². The number of hydrogen-bond donors (Lipinski definition) is 1. The quantitative estimate of drug-likeness (QED) is 0.763. The molecule has 0 fully saturated rings. The molecule has 0 saturated heterocycles. The molecule has 1 N–H and O–H groups in total. The van der Waals surface area contributed by atoms with Crippen molar-refractivity contribution >= 4 is 21.6 Å². The number of carbonyl (C=O) groups excluding carboxylic acids is 1. The topological polar surface area (TPSA) is 99.5 Å². The maximum atomic E-state index is 14.2. The van der Waals surface area contributed by atoms with Crippen LogP contribution >= 0.6 is 0 Å². The molecule has 2 aromatic rings. The van der Waals surface area contributed by atoms with Crippen LogP contribution in [-0.4, -0.2) is 38.8 Å². The number of amides is 1. The van der Waals surface area contributed by atoms with Gasteiger partial charge in [0.2, 0.25) is 10.0 Å². The second kappa shape index (κ2) is 8.82. The number of nitrogens with one attached hydrogen (secondary N) is 1. The highest BCUT2D eigenvalue weighted by Gasteiger charge is 2.26. The van der Waals surface area contributed by atoms with Gasteiger partial charge < -0.3 is 10.1 Å². The monoisotopic (exact) mass is 405 g/mol. The number of halogens is 1. The Morgan fingerprint density at radius 1 is 1.21 bits per heavy atom. The molecule has 0 aliphatic rings. The molecule has 0 bridgehead atoms. The number of nitrogens with zero attached hydrogens (tertiary/aromatic N) is 2. The van der Waals surface area contributed by atoms with Gasteiger partial charge in [-0.1, -0.05) is 13.8 Å². The molecular formula is C19H20FN3O4S. The second-order valence-corrected chi connectivity index (χ2v) is 7.62. The SMILES string of the molecule is CCN(CC)S(=O)(=O)c1cc(C(=O)Nc2cc(C#N)ccc2OC)ccc1F. The van der Waals surface area contributed by atoms with E-state index in [9.17, 15) is 17.6 Å². The minimum atomic E-state index is -4.07. The molecule has 28 heavy (non-hydrogen) atoms. The van der Waals surface area contributed by atoms with E-state index in [0.29, 0.717) is 11.3 Å². The van der Waals surface area contributed by atoms with Crippen LogP contribution in [0.2, 0.25) is 0 Å². The lowest BCUT2D eigenvalue weighted by molar-refractivity contribution is 0.102. The van der Waals surface area contributed by atoms with Gasteiger partial charge in [0.1, 0.15) is 16.5 Å². The van der Waals surface area contributed by atoms with Crippen molar-refractivity contribution in [3.05, 3.63) is 53.3 Å². The molecule has 0 aliphatic carbocycles. The third kappa shape index (κ3) is 4.30. The normalized spacial score (nSPS) is 11.1. The fourth-order valence-electron chi connectivity index (χ4n) is 2.61. The molecule has 0 atom stereocenters. The Labute approximate surface area is 163 Å². The molecular weight excluding hydrogens is 385 g/mol. The molecule has 0 saturated carbocycles. The zero-order chi connectivity index (χ0) is 20.9. The molecule has 1 amide bonds. The van der Waals surface area contributed by atoms with E-state index < -0.39 is 26.6 Å². The van der Waals surface area contributed by atoms with Crippen LogP contribution in [0.15, 0.2) is 41.3 Å². The summed E-state index contributed by atoms with van der Waals surface area (Å²) in [5, 5.41) is 11.6. The highest BCUT2D eigenvalue weighted by molar-refractivity contribution is 7.89. The predicted molar refractivity (Wildman–Crippen MR) is 102 cm³/mol. The van der Waals surface area contributed by atoms with Gasteiger partial charge in [0.25, 0.3) is 5.91 Å². The number of anilines is 1.